The number of thiazole rings is 1. The molecular formula is C15H16N2O3S. The topological polar surface area (TPSA) is 68.3 Å². The third-order valence-corrected chi connectivity index (χ3v) is 3.65. The van der Waals surface area contributed by atoms with Gasteiger partial charge in [0, 0.05) is 11.1 Å². The van der Waals surface area contributed by atoms with Gasteiger partial charge in [0.25, 0.3) is 5.91 Å². The third kappa shape index (κ3) is 3.66. The van der Waals surface area contributed by atoms with Crippen molar-refractivity contribution in [3.05, 3.63) is 45.4 Å². The van der Waals surface area contributed by atoms with E-state index >= 15 is 0 Å². The first-order valence-corrected chi connectivity index (χ1v) is 7.40. The van der Waals surface area contributed by atoms with Crippen LogP contribution in [-0.2, 0) is 4.74 Å². The molecule has 0 unspecified atom stereocenters. The van der Waals surface area contributed by atoms with Gasteiger partial charge in [-0.15, -0.1) is 11.3 Å². The Morgan fingerprint density at radius 3 is 2.81 bits per heavy atom. The number of ether oxygens (including phenoxy) is 1. The summed E-state index contributed by atoms with van der Waals surface area (Å²) in [5.41, 5.74) is 2.98. The fourth-order valence-corrected chi connectivity index (χ4v) is 2.41. The molecule has 1 aromatic carbocycles. The van der Waals surface area contributed by atoms with Crippen molar-refractivity contribution in [3.8, 4) is 0 Å². The summed E-state index contributed by atoms with van der Waals surface area (Å²) >= 11 is 1.10. The maximum atomic E-state index is 12.2. The summed E-state index contributed by atoms with van der Waals surface area (Å²) in [6.45, 7) is 5.87. The Bertz CT molecular complexity index is 679. The van der Waals surface area contributed by atoms with Crippen molar-refractivity contribution < 1.29 is 14.3 Å². The number of nitrogens with one attached hydrogen (secondary N) is 1. The lowest BCUT2D eigenvalue weighted by Crippen LogP contribution is -2.14. The second-order valence-electron chi connectivity index (χ2n) is 4.53. The minimum atomic E-state index is -0.506. The van der Waals surface area contributed by atoms with Crippen LogP contribution < -0.4 is 5.32 Å². The summed E-state index contributed by atoms with van der Waals surface area (Å²) < 4.78 is 4.85. The molecule has 0 aliphatic rings. The van der Waals surface area contributed by atoms with E-state index in [1.54, 1.807) is 12.3 Å². The molecular weight excluding hydrogens is 288 g/mol. The van der Waals surface area contributed by atoms with Crippen molar-refractivity contribution in [2.75, 3.05) is 11.9 Å². The molecule has 1 amide bonds. The Labute approximate surface area is 127 Å². The lowest BCUT2D eigenvalue weighted by molar-refractivity contribution is 0.0526. The molecule has 1 aromatic heterocycles. The molecule has 0 aliphatic carbocycles. The van der Waals surface area contributed by atoms with Crippen molar-refractivity contribution >= 4 is 28.9 Å². The van der Waals surface area contributed by atoms with Crippen molar-refractivity contribution in [1.82, 2.24) is 4.98 Å². The average molecular weight is 304 g/mol. The van der Waals surface area contributed by atoms with E-state index in [2.05, 4.69) is 10.3 Å². The standard InChI is InChI=1S/C15H16N2O3S/c1-4-20-15(19)14-17-12(8-21-14)13(18)16-11-7-9(2)5-6-10(11)3/h5-8H,4H2,1-3H3,(H,16,18). The molecule has 0 radical (unpaired) electrons. The van der Waals surface area contributed by atoms with Gasteiger partial charge in [0.15, 0.2) is 0 Å². The molecule has 1 heterocycles. The van der Waals surface area contributed by atoms with Gasteiger partial charge in [0.05, 0.1) is 6.61 Å². The van der Waals surface area contributed by atoms with Crippen LogP contribution in [0.1, 0.15) is 38.3 Å². The highest BCUT2D eigenvalue weighted by Gasteiger charge is 2.16. The van der Waals surface area contributed by atoms with Crippen molar-refractivity contribution in [2.24, 2.45) is 0 Å². The fraction of sp³-hybridized carbons (Fsp3) is 0.267. The summed E-state index contributed by atoms with van der Waals surface area (Å²) in [5, 5.41) is 4.54. The highest BCUT2D eigenvalue weighted by molar-refractivity contribution is 7.11. The van der Waals surface area contributed by atoms with Gasteiger partial charge in [-0.1, -0.05) is 12.1 Å². The van der Waals surface area contributed by atoms with Crippen LogP contribution in [0.15, 0.2) is 23.6 Å². The molecule has 110 valence electrons. The smallest absolute Gasteiger partial charge is 0.367 e. The van der Waals surface area contributed by atoms with Gasteiger partial charge in [-0.3, -0.25) is 4.79 Å². The van der Waals surface area contributed by atoms with Gasteiger partial charge in [0.2, 0.25) is 5.01 Å². The summed E-state index contributed by atoms with van der Waals surface area (Å²) in [5.74, 6) is -0.844. The third-order valence-electron chi connectivity index (χ3n) is 2.83. The number of benzene rings is 1. The number of nitrogens with zero attached hydrogens (tertiary/aromatic N) is 1. The second kappa shape index (κ2) is 6.49. The first kappa shape index (κ1) is 15.2. The van der Waals surface area contributed by atoms with Crippen LogP contribution in [0.5, 0.6) is 0 Å². The Balaban J connectivity index is 2.14. The summed E-state index contributed by atoms with van der Waals surface area (Å²) in [6.07, 6.45) is 0. The maximum Gasteiger partial charge on any atom is 0.367 e. The number of aromatic nitrogens is 1. The van der Waals surface area contributed by atoms with Gasteiger partial charge >= 0.3 is 5.97 Å². The minimum absolute atomic E-state index is 0.183. The molecule has 0 spiro atoms. The Morgan fingerprint density at radius 2 is 2.10 bits per heavy atom. The summed E-state index contributed by atoms with van der Waals surface area (Å²) in [4.78, 5) is 27.7. The van der Waals surface area contributed by atoms with Crippen molar-refractivity contribution in [3.63, 3.8) is 0 Å². The molecule has 2 aromatic rings. The molecule has 21 heavy (non-hydrogen) atoms. The molecule has 0 bridgehead atoms. The number of carbonyl (C=O) groups excluding carboxylic acids is 2. The lowest BCUT2D eigenvalue weighted by Gasteiger charge is -2.07. The average Bonchev–Trinajstić information content (AvgIpc) is 2.93. The number of amides is 1. The lowest BCUT2D eigenvalue weighted by atomic mass is 10.1. The zero-order valence-electron chi connectivity index (χ0n) is 12.1. The molecule has 5 nitrogen and oxygen atoms in total. The Kier molecular flexibility index (Phi) is 4.70. The van der Waals surface area contributed by atoms with E-state index in [4.69, 9.17) is 4.74 Å². The fourth-order valence-electron chi connectivity index (χ4n) is 1.72. The monoisotopic (exact) mass is 304 g/mol. The van der Waals surface area contributed by atoms with Gasteiger partial charge < -0.3 is 10.1 Å². The van der Waals surface area contributed by atoms with Crippen molar-refractivity contribution in [2.45, 2.75) is 20.8 Å². The van der Waals surface area contributed by atoms with Crippen LogP contribution in [-0.4, -0.2) is 23.5 Å². The van der Waals surface area contributed by atoms with Crippen LogP contribution in [0, 0.1) is 13.8 Å². The number of rotatable bonds is 4. The van der Waals surface area contributed by atoms with E-state index in [-0.39, 0.29) is 23.2 Å². The molecule has 0 atom stereocenters. The summed E-state index contributed by atoms with van der Waals surface area (Å²) in [6, 6.07) is 5.81. The number of hydrogen-bond donors (Lipinski definition) is 1. The van der Waals surface area contributed by atoms with E-state index in [1.807, 2.05) is 32.0 Å². The first-order chi connectivity index (χ1) is 10.0. The molecule has 1 N–H and O–H groups in total. The highest BCUT2D eigenvalue weighted by atomic mass is 32.1. The first-order valence-electron chi connectivity index (χ1n) is 6.52. The number of carbonyl (C=O) groups is 2. The zero-order valence-corrected chi connectivity index (χ0v) is 12.9. The van der Waals surface area contributed by atoms with E-state index < -0.39 is 5.97 Å². The Morgan fingerprint density at radius 1 is 1.33 bits per heavy atom. The number of anilines is 1. The molecule has 0 saturated heterocycles. The largest absolute Gasteiger partial charge is 0.461 e. The van der Waals surface area contributed by atoms with Gasteiger partial charge in [0.1, 0.15) is 5.69 Å². The van der Waals surface area contributed by atoms with Gasteiger partial charge in [-0.05, 0) is 38.0 Å². The normalized spacial score (nSPS) is 10.2. The van der Waals surface area contributed by atoms with Crippen LogP contribution in [0.3, 0.4) is 0 Å². The highest BCUT2D eigenvalue weighted by Crippen LogP contribution is 2.18. The quantitative estimate of drug-likeness (QED) is 0.881. The van der Waals surface area contributed by atoms with Crippen molar-refractivity contribution in [1.29, 1.82) is 0 Å². The van der Waals surface area contributed by atoms with Crippen LogP contribution in [0.4, 0.5) is 5.69 Å². The predicted molar refractivity (Wildman–Crippen MR) is 81.9 cm³/mol. The molecule has 6 heteroatoms. The number of hydrogen-bond acceptors (Lipinski definition) is 5. The maximum absolute atomic E-state index is 12.2. The van der Waals surface area contributed by atoms with E-state index in [0.29, 0.717) is 0 Å². The SMILES string of the molecule is CCOC(=O)c1nc(C(=O)Nc2cc(C)ccc2C)cs1. The minimum Gasteiger partial charge on any atom is -0.461 e. The van der Waals surface area contributed by atoms with E-state index in [0.717, 1.165) is 28.2 Å². The van der Waals surface area contributed by atoms with Crippen LogP contribution >= 0.6 is 11.3 Å². The molecule has 0 aliphatic heterocycles. The number of esters is 1. The Hall–Kier alpha value is -2.21. The molecule has 0 fully saturated rings. The van der Waals surface area contributed by atoms with Gasteiger partial charge in [-0.2, -0.15) is 0 Å². The van der Waals surface area contributed by atoms with Crippen LogP contribution in [0.25, 0.3) is 0 Å². The predicted octanol–water partition coefficient (Wildman–Crippen LogP) is 3.19. The van der Waals surface area contributed by atoms with E-state index in [1.165, 1.54) is 0 Å². The molecule has 0 saturated carbocycles. The van der Waals surface area contributed by atoms with Crippen LogP contribution in [0.2, 0.25) is 0 Å². The van der Waals surface area contributed by atoms with Gasteiger partial charge in [-0.25, -0.2) is 9.78 Å². The number of aryl methyl sites for hydroxylation is 2. The van der Waals surface area contributed by atoms with E-state index in [9.17, 15) is 9.59 Å². The zero-order chi connectivity index (χ0) is 15.4. The molecule has 2 rings (SSSR count). The second-order valence-corrected chi connectivity index (χ2v) is 5.39. The summed E-state index contributed by atoms with van der Waals surface area (Å²) in [7, 11) is 0.